The molecule has 0 aliphatic carbocycles. The van der Waals surface area contributed by atoms with Gasteiger partial charge in [-0.1, -0.05) is 35.6 Å². The Morgan fingerprint density at radius 3 is 2.12 bits per heavy atom. The summed E-state index contributed by atoms with van der Waals surface area (Å²) in [5, 5.41) is 12.1. The topological polar surface area (TPSA) is 132 Å². The highest BCUT2D eigenvalue weighted by Gasteiger charge is 2.29. The predicted octanol–water partition coefficient (Wildman–Crippen LogP) is 2.40. The van der Waals surface area contributed by atoms with Crippen LogP contribution in [0.2, 0.25) is 0 Å². The molecule has 2 amide bonds. The van der Waals surface area contributed by atoms with Gasteiger partial charge in [-0.05, 0) is 35.4 Å². The average molecular weight is 502 g/mol. The molecule has 1 saturated heterocycles. The predicted molar refractivity (Wildman–Crippen MR) is 129 cm³/mol. The average Bonchev–Trinajstić information content (AvgIpc) is 3.34. The van der Waals surface area contributed by atoms with Crippen molar-refractivity contribution in [1.29, 1.82) is 0 Å². The number of anilines is 2. The summed E-state index contributed by atoms with van der Waals surface area (Å²) in [5.74, 6) is -0.772. The van der Waals surface area contributed by atoms with Gasteiger partial charge in [-0.25, -0.2) is 18.9 Å². The smallest absolute Gasteiger partial charge is 0.286 e. The SMILES string of the molecule is CC(=O)Nc1ccc(-c2ccc(S(=O)(=O)N3CCN(c4ncc(C(=O)NO)s4)CC3)cc2)cc1. The van der Waals surface area contributed by atoms with Gasteiger partial charge >= 0.3 is 0 Å². The van der Waals surface area contributed by atoms with Gasteiger partial charge in [0.1, 0.15) is 4.88 Å². The van der Waals surface area contributed by atoms with Crippen LogP contribution in [0.15, 0.2) is 59.6 Å². The van der Waals surface area contributed by atoms with Gasteiger partial charge in [-0.15, -0.1) is 0 Å². The monoisotopic (exact) mass is 501 g/mol. The van der Waals surface area contributed by atoms with Gasteiger partial charge in [-0.3, -0.25) is 14.8 Å². The van der Waals surface area contributed by atoms with E-state index in [1.54, 1.807) is 41.9 Å². The van der Waals surface area contributed by atoms with Gasteiger partial charge in [-0.2, -0.15) is 4.31 Å². The number of carbonyl (C=O) groups is 2. The third-order valence-electron chi connectivity index (χ3n) is 5.36. The molecule has 10 nitrogen and oxygen atoms in total. The minimum atomic E-state index is -3.65. The molecule has 1 aliphatic rings. The van der Waals surface area contributed by atoms with Crippen LogP contribution < -0.4 is 15.7 Å². The molecule has 2 aromatic carbocycles. The van der Waals surface area contributed by atoms with Crippen molar-refractivity contribution in [3.05, 3.63) is 59.6 Å². The normalized spacial score (nSPS) is 14.6. The molecule has 12 heteroatoms. The summed E-state index contributed by atoms with van der Waals surface area (Å²) >= 11 is 1.13. The van der Waals surface area contributed by atoms with Gasteiger partial charge in [0, 0.05) is 38.8 Å². The number of piperazine rings is 1. The zero-order valence-corrected chi connectivity index (χ0v) is 19.9. The molecular weight excluding hydrogens is 478 g/mol. The van der Waals surface area contributed by atoms with E-state index in [-0.39, 0.29) is 28.8 Å². The van der Waals surface area contributed by atoms with Crippen LogP contribution in [0.3, 0.4) is 0 Å². The van der Waals surface area contributed by atoms with E-state index in [9.17, 15) is 18.0 Å². The molecule has 1 aliphatic heterocycles. The molecule has 1 aromatic heterocycles. The Hall–Kier alpha value is -3.32. The first-order chi connectivity index (χ1) is 16.3. The Kier molecular flexibility index (Phi) is 6.93. The molecule has 0 bridgehead atoms. The largest absolute Gasteiger partial charge is 0.345 e. The van der Waals surface area contributed by atoms with Gasteiger partial charge in [0.05, 0.1) is 11.1 Å². The second-order valence-electron chi connectivity index (χ2n) is 7.62. The maximum Gasteiger partial charge on any atom is 0.286 e. The summed E-state index contributed by atoms with van der Waals surface area (Å²) in [7, 11) is -3.65. The van der Waals surface area contributed by atoms with E-state index in [4.69, 9.17) is 5.21 Å². The number of carbonyl (C=O) groups excluding carboxylic acids is 2. The van der Waals surface area contributed by atoms with E-state index in [1.165, 1.54) is 17.4 Å². The number of thiazole rings is 1. The Balaban J connectivity index is 1.41. The van der Waals surface area contributed by atoms with Crippen LogP contribution in [0.25, 0.3) is 11.1 Å². The molecule has 4 rings (SSSR count). The fourth-order valence-electron chi connectivity index (χ4n) is 3.61. The summed E-state index contributed by atoms with van der Waals surface area (Å²) in [4.78, 5) is 29.3. The molecular formula is C22H23N5O5S2. The summed E-state index contributed by atoms with van der Waals surface area (Å²) in [6.07, 6.45) is 1.38. The Morgan fingerprint density at radius 2 is 1.56 bits per heavy atom. The Bertz CT molecular complexity index is 1280. The molecule has 178 valence electrons. The van der Waals surface area contributed by atoms with Crippen molar-refractivity contribution in [3.63, 3.8) is 0 Å². The highest BCUT2D eigenvalue weighted by molar-refractivity contribution is 7.89. The van der Waals surface area contributed by atoms with Crippen LogP contribution in [-0.4, -0.2) is 60.9 Å². The van der Waals surface area contributed by atoms with Gasteiger partial charge in [0.25, 0.3) is 5.91 Å². The van der Waals surface area contributed by atoms with Crippen molar-refractivity contribution in [2.75, 3.05) is 36.4 Å². The summed E-state index contributed by atoms with van der Waals surface area (Å²) in [6.45, 7) is 2.89. The van der Waals surface area contributed by atoms with E-state index in [0.717, 1.165) is 22.5 Å². The molecule has 1 fully saturated rings. The number of sulfonamides is 1. The number of hydrogen-bond donors (Lipinski definition) is 3. The number of nitrogens with one attached hydrogen (secondary N) is 2. The van der Waals surface area contributed by atoms with Crippen molar-refractivity contribution < 1.29 is 23.2 Å². The van der Waals surface area contributed by atoms with Crippen LogP contribution in [0.1, 0.15) is 16.6 Å². The molecule has 2 heterocycles. The number of aromatic nitrogens is 1. The van der Waals surface area contributed by atoms with E-state index in [1.807, 2.05) is 17.0 Å². The van der Waals surface area contributed by atoms with Gasteiger partial charge < -0.3 is 10.2 Å². The first-order valence-corrected chi connectivity index (χ1v) is 12.7. The number of hydroxylamine groups is 1. The van der Waals surface area contributed by atoms with Crippen molar-refractivity contribution in [1.82, 2.24) is 14.8 Å². The van der Waals surface area contributed by atoms with E-state index >= 15 is 0 Å². The highest BCUT2D eigenvalue weighted by atomic mass is 32.2. The first-order valence-electron chi connectivity index (χ1n) is 10.4. The van der Waals surface area contributed by atoms with E-state index in [0.29, 0.717) is 23.9 Å². The molecule has 0 unspecified atom stereocenters. The van der Waals surface area contributed by atoms with Crippen molar-refractivity contribution in [3.8, 4) is 11.1 Å². The minimum Gasteiger partial charge on any atom is -0.345 e. The standard InChI is InChI=1S/C22H23N5O5S2/c1-15(28)24-18-6-2-16(3-7-18)17-4-8-19(9-5-17)34(31,32)27-12-10-26(11-13-27)22-23-14-20(33-22)21(29)25-30/h2-9,14,30H,10-13H2,1H3,(H,24,28)(H,25,29). The lowest BCUT2D eigenvalue weighted by atomic mass is 10.1. The third kappa shape index (κ3) is 5.09. The van der Waals surface area contributed by atoms with Crippen LogP contribution in [-0.2, 0) is 14.8 Å². The maximum absolute atomic E-state index is 13.1. The number of amides is 2. The number of hydrogen-bond acceptors (Lipinski definition) is 8. The van der Waals surface area contributed by atoms with E-state index < -0.39 is 15.9 Å². The molecule has 3 aromatic rings. The second kappa shape index (κ2) is 9.89. The van der Waals surface area contributed by atoms with Crippen LogP contribution >= 0.6 is 11.3 Å². The lowest BCUT2D eigenvalue weighted by Gasteiger charge is -2.33. The maximum atomic E-state index is 13.1. The highest BCUT2D eigenvalue weighted by Crippen LogP contribution is 2.27. The van der Waals surface area contributed by atoms with Crippen molar-refractivity contribution in [2.45, 2.75) is 11.8 Å². The van der Waals surface area contributed by atoms with E-state index in [2.05, 4.69) is 10.3 Å². The summed E-state index contributed by atoms with van der Waals surface area (Å²) in [6, 6.07) is 14.0. The molecule has 0 radical (unpaired) electrons. The Labute approximate surface area is 200 Å². The second-order valence-corrected chi connectivity index (χ2v) is 10.6. The summed E-state index contributed by atoms with van der Waals surface area (Å²) < 4.78 is 27.7. The molecule has 0 atom stereocenters. The fraction of sp³-hybridized carbons (Fsp3) is 0.227. The molecule has 3 N–H and O–H groups in total. The fourth-order valence-corrected chi connectivity index (χ4v) is 5.89. The molecule has 34 heavy (non-hydrogen) atoms. The van der Waals surface area contributed by atoms with Crippen molar-refractivity contribution >= 4 is 44.0 Å². The van der Waals surface area contributed by atoms with Gasteiger partial charge in [0.15, 0.2) is 5.13 Å². The van der Waals surface area contributed by atoms with Crippen LogP contribution in [0, 0.1) is 0 Å². The number of nitrogens with zero attached hydrogens (tertiary/aromatic N) is 3. The number of benzene rings is 2. The lowest BCUT2D eigenvalue weighted by Crippen LogP contribution is -2.48. The van der Waals surface area contributed by atoms with Gasteiger partial charge in [0.2, 0.25) is 15.9 Å². The third-order valence-corrected chi connectivity index (χ3v) is 8.33. The molecule has 0 spiro atoms. The zero-order chi connectivity index (χ0) is 24.3. The van der Waals surface area contributed by atoms with Crippen LogP contribution in [0.4, 0.5) is 10.8 Å². The quantitative estimate of drug-likeness (QED) is 0.349. The lowest BCUT2D eigenvalue weighted by molar-refractivity contribution is -0.114. The van der Waals surface area contributed by atoms with Crippen LogP contribution in [0.5, 0.6) is 0 Å². The zero-order valence-electron chi connectivity index (χ0n) is 18.3. The van der Waals surface area contributed by atoms with Crippen molar-refractivity contribution in [2.24, 2.45) is 0 Å². The Morgan fingerprint density at radius 1 is 0.971 bits per heavy atom. The molecule has 0 saturated carbocycles. The number of rotatable bonds is 6. The minimum absolute atomic E-state index is 0.145. The summed E-state index contributed by atoms with van der Waals surface area (Å²) in [5.41, 5.74) is 4.04. The first kappa shape index (κ1) is 23.8.